The minimum atomic E-state index is -0.192. The van der Waals surface area contributed by atoms with Crippen LogP contribution >= 0.6 is 0 Å². The highest BCUT2D eigenvalue weighted by molar-refractivity contribution is 5.48. The molecule has 1 heterocycles. The van der Waals surface area contributed by atoms with Gasteiger partial charge in [0.2, 0.25) is 0 Å². The molecule has 1 aromatic carbocycles. The Morgan fingerprint density at radius 3 is 2.42 bits per heavy atom. The molecule has 2 rings (SSSR count). The molecule has 0 atom stereocenters. The van der Waals surface area contributed by atoms with Crippen LogP contribution in [0.4, 0.5) is 10.1 Å². The van der Waals surface area contributed by atoms with Crippen LogP contribution in [0.5, 0.6) is 0 Å². The molecule has 2 aromatic rings. The third-order valence-corrected chi connectivity index (χ3v) is 2.90. The molecule has 0 bridgehead atoms. The van der Waals surface area contributed by atoms with Crippen LogP contribution in [-0.4, -0.2) is 19.1 Å². The highest BCUT2D eigenvalue weighted by Crippen LogP contribution is 2.18. The summed E-state index contributed by atoms with van der Waals surface area (Å²) in [6, 6.07) is 9.14. The average molecular weight is 259 g/mol. The molecular formula is C15H18FN3. The molecular weight excluding hydrogens is 241 g/mol. The zero-order chi connectivity index (χ0) is 13.7. The predicted octanol–water partition coefficient (Wildman–Crippen LogP) is 2.58. The topological polar surface area (TPSA) is 28.2 Å². The van der Waals surface area contributed by atoms with Crippen LogP contribution in [0, 0.1) is 5.82 Å². The lowest BCUT2D eigenvalue weighted by Gasteiger charge is -2.15. The van der Waals surface area contributed by atoms with Crippen molar-refractivity contribution in [1.29, 1.82) is 0 Å². The summed E-state index contributed by atoms with van der Waals surface area (Å²) >= 11 is 0. The molecule has 0 radical (unpaired) electrons. The van der Waals surface area contributed by atoms with Crippen molar-refractivity contribution in [2.24, 2.45) is 0 Å². The summed E-state index contributed by atoms with van der Waals surface area (Å²) in [4.78, 5) is 5.76. The van der Waals surface area contributed by atoms with Crippen LogP contribution in [0.3, 0.4) is 0 Å². The molecule has 0 unspecified atom stereocenters. The average Bonchev–Trinajstić information content (AvgIpc) is 2.41. The number of nitrogens with one attached hydrogen (secondary N) is 1. The number of hydrogen-bond donors (Lipinski definition) is 1. The molecule has 0 aliphatic rings. The summed E-state index contributed by atoms with van der Waals surface area (Å²) in [5.41, 5.74) is 2.87. The van der Waals surface area contributed by atoms with Gasteiger partial charge in [-0.1, -0.05) is 6.07 Å². The van der Waals surface area contributed by atoms with E-state index in [1.807, 2.05) is 38.4 Å². The van der Waals surface area contributed by atoms with E-state index in [9.17, 15) is 4.39 Å². The molecule has 0 saturated heterocycles. The lowest BCUT2D eigenvalue weighted by Crippen LogP contribution is -2.15. The van der Waals surface area contributed by atoms with E-state index >= 15 is 0 Å². The van der Waals surface area contributed by atoms with Crippen molar-refractivity contribution in [2.75, 3.05) is 19.0 Å². The van der Waals surface area contributed by atoms with Gasteiger partial charge in [0.25, 0.3) is 0 Å². The van der Waals surface area contributed by atoms with E-state index in [0.717, 1.165) is 12.1 Å². The Labute approximate surface area is 113 Å². The summed E-state index contributed by atoms with van der Waals surface area (Å²) in [6.45, 7) is 1.49. The zero-order valence-electron chi connectivity index (χ0n) is 11.2. The fraction of sp³-hybridized carbons (Fsp3) is 0.267. The lowest BCUT2D eigenvalue weighted by atomic mass is 10.1. The van der Waals surface area contributed by atoms with E-state index in [0.29, 0.717) is 12.2 Å². The Morgan fingerprint density at radius 1 is 1.05 bits per heavy atom. The fourth-order valence-electron chi connectivity index (χ4n) is 1.86. The monoisotopic (exact) mass is 259 g/mol. The summed E-state index contributed by atoms with van der Waals surface area (Å²) < 4.78 is 13.5. The quantitative estimate of drug-likeness (QED) is 0.894. The Kier molecular flexibility index (Phi) is 4.47. The number of benzene rings is 1. The second-order valence-corrected chi connectivity index (χ2v) is 4.64. The van der Waals surface area contributed by atoms with Gasteiger partial charge in [0, 0.05) is 39.6 Å². The van der Waals surface area contributed by atoms with Crippen molar-refractivity contribution < 1.29 is 4.39 Å². The molecule has 0 aliphatic heterocycles. The molecule has 1 N–H and O–H groups in total. The summed E-state index contributed by atoms with van der Waals surface area (Å²) in [7, 11) is 3.68. The van der Waals surface area contributed by atoms with Crippen LogP contribution in [0.1, 0.15) is 11.1 Å². The van der Waals surface area contributed by atoms with Crippen LogP contribution in [-0.2, 0) is 13.1 Å². The summed E-state index contributed by atoms with van der Waals surface area (Å²) in [6.07, 6.45) is 3.55. The smallest absolute Gasteiger partial charge is 0.146 e. The SMILES string of the molecule is CN(C)c1cc(CNCc2ccncc2)ccc1F. The van der Waals surface area contributed by atoms with Gasteiger partial charge in [-0.25, -0.2) is 4.39 Å². The molecule has 0 aliphatic carbocycles. The zero-order valence-corrected chi connectivity index (χ0v) is 11.2. The molecule has 100 valence electrons. The molecule has 0 spiro atoms. The number of pyridine rings is 1. The third kappa shape index (κ3) is 3.76. The standard InChI is InChI=1S/C15H18FN3/c1-19(2)15-9-13(3-4-14(15)16)11-18-10-12-5-7-17-8-6-12/h3-9,18H,10-11H2,1-2H3. The highest BCUT2D eigenvalue weighted by atomic mass is 19.1. The van der Waals surface area contributed by atoms with Crippen LogP contribution in [0.2, 0.25) is 0 Å². The molecule has 0 amide bonds. The first-order chi connectivity index (χ1) is 9.16. The maximum Gasteiger partial charge on any atom is 0.146 e. The molecule has 19 heavy (non-hydrogen) atoms. The van der Waals surface area contributed by atoms with Gasteiger partial charge in [-0.15, -0.1) is 0 Å². The first-order valence-corrected chi connectivity index (χ1v) is 6.22. The first kappa shape index (κ1) is 13.5. The van der Waals surface area contributed by atoms with E-state index in [4.69, 9.17) is 0 Å². The van der Waals surface area contributed by atoms with Crippen molar-refractivity contribution >= 4 is 5.69 Å². The van der Waals surface area contributed by atoms with Crippen molar-refractivity contribution in [3.05, 3.63) is 59.7 Å². The van der Waals surface area contributed by atoms with Gasteiger partial charge in [-0.2, -0.15) is 0 Å². The van der Waals surface area contributed by atoms with Crippen molar-refractivity contribution in [3.8, 4) is 0 Å². The van der Waals surface area contributed by atoms with Crippen LogP contribution < -0.4 is 10.2 Å². The number of anilines is 1. The molecule has 1 aromatic heterocycles. The van der Waals surface area contributed by atoms with Crippen LogP contribution in [0.15, 0.2) is 42.7 Å². The van der Waals surface area contributed by atoms with Crippen molar-refractivity contribution in [2.45, 2.75) is 13.1 Å². The van der Waals surface area contributed by atoms with Crippen molar-refractivity contribution in [3.63, 3.8) is 0 Å². The minimum absolute atomic E-state index is 0.192. The number of halogens is 1. The van der Waals surface area contributed by atoms with E-state index in [-0.39, 0.29) is 5.82 Å². The molecule has 3 nitrogen and oxygen atoms in total. The Balaban J connectivity index is 1.95. The predicted molar refractivity (Wildman–Crippen MR) is 75.5 cm³/mol. The fourth-order valence-corrected chi connectivity index (χ4v) is 1.86. The summed E-state index contributed by atoms with van der Waals surface area (Å²) in [5.74, 6) is -0.192. The van der Waals surface area contributed by atoms with Crippen molar-refractivity contribution in [1.82, 2.24) is 10.3 Å². The number of aromatic nitrogens is 1. The van der Waals surface area contributed by atoms with Gasteiger partial charge < -0.3 is 10.2 Å². The molecule has 4 heteroatoms. The van der Waals surface area contributed by atoms with Gasteiger partial charge >= 0.3 is 0 Å². The minimum Gasteiger partial charge on any atom is -0.375 e. The Hall–Kier alpha value is -1.94. The van der Waals surface area contributed by atoms with E-state index < -0.39 is 0 Å². The Bertz CT molecular complexity index is 526. The third-order valence-electron chi connectivity index (χ3n) is 2.90. The van der Waals surface area contributed by atoms with E-state index in [1.54, 1.807) is 17.3 Å². The van der Waals surface area contributed by atoms with E-state index in [2.05, 4.69) is 10.3 Å². The maximum atomic E-state index is 13.5. The first-order valence-electron chi connectivity index (χ1n) is 6.22. The molecule has 0 saturated carbocycles. The molecule has 0 fully saturated rings. The largest absolute Gasteiger partial charge is 0.375 e. The van der Waals surface area contributed by atoms with Gasteiger partial charge in [0.05, 0.1) is 5.69 Å². The van der Waals surface area contributed by atoms with Crippen LogP contribution in [0.25, 0.3) is 0 Å². The van der Waals surface area contributed by atoms with Gasteiger partial charge in [0.1, 0.15) is 5.82 Å². The number of rotatable bonds is 5. The van der Waals surface area contributed by atoms with Gasteiger partial charge in [0.15, 0.2) is 0 Å². The number of nitrogens with zero attached hydrogens (tertiary/aromatic N) is 2. The van der Waals surface area contributed by atoms with E-state index in [1.165, 1.54) is 11.6 Å². The second kappa shape index (κ2) is 6.29. The summed E-state index contributed by atoms with van der Waals surface area (Å²) in [5, 5.41) is 3.33. The van der Waals surface area contributed by atoms with Gasteiger partial charge in [-0.05, 0) is 35.4 Å². The second-order valence-electron chi connectivity index (χ2n) is 4.64. The normalized spacial score (nSPS) is 10.5. The maximum absolute atomic E-state index is 13.5. The van der Waals surface area contributed by atoms with Gasteiger partial charge in [-0.3, -0.25) is 4.98 Å². The lowest BCUT2D eigenvalue weighted by molar-refractivity contribution is 0.623. The number of hydrogen-bond acceptors (Lipinski definition) is 3. The Morgan fingerprint density at radius 2 is 1.74 bits per heavy atom. The highest BCUT2D eigenvalue weighted by Gasteiger charge is 2.05.